The van der Waals surface area contributed by atoms with Gasteiger partial charge in [0.2, 0.25) is 5.82 Å². The number of H-pyrrole nitrogens is 1. The van der Waals surface area contributed by atoms with E-state index in [4.69, 9.17) is 15.7 Å². The van der Waals surface area contributed by atoms with Crippen LogP contribution in [0.1, 0.15) is 60.4 Å². The molecule has 2 saturated heterocycles. The highest BCUT2D eigenvalue weighted by molar-refractivity contribution is 5.91. The predicted molar refractivity (Wildman–Crippen MR) is 147 cm³/mol. The van der Waals surface area contributed by atoms with Crippen LogP contribution in [0.3, 0.4) is 0 Å². The van der Waals surface area contributed by atoms with Crippen LogP contribution in [0.2, 0.25) is 0 Å². The molecule has 4 aromatic heterocycles. The van der Waals surface area contributed by atoms with E-state index in [1.54, 1.807) is 4.52 Å². The van der Waals surface area contributed by atoms with Crippen LogP contribution in [-0.4, -0.2) is 57.7 Å². The third-order valence-electron chi connectivity index (χ3n) is 8.29. The fraction of sp³-hybridized carbons (Fsp3) is 0.310. The minimum atomic E-state index is -0.0679. The zero-order chi connectivity index (χ0) is 26.5. The van der Waals surface area contributed by atoms with E-state index in [1.165, 1.54) is 6.33 Å². The summed E-state index contributed by atoms with van der Waals surface area (Å²) in [4.78, 5) is 27.9. The number of nitrogens with one attached hydrogen (secondary N) is 1. The number of carbonyl (C=O) groups excluding carboxylic acids is 1. The van der Waals surface area contributed by atoms with Crippen LogP contribution in [0.15, 0.2) is 61.2 Å². The first-order chi connectivity index (χ1) is 19.1. The van der Waals surface area contributed by atoms with Gasteiger partial charge in [-0.1, -0.05) is 43.3 Å². The number of hydrogen-bond donors (Lipinski definition) is 2. The monoisotopic (exact) mass is 519 g/mol. The molecule has 5 aromatic rings. The molecule has 0 radical (unpaired) electrons. The van der Waals surface area contributed by atoms with Crippen LogP contribution < -0.4 is 5.73 Å². The summed E-state index contributed by atoms with van der Waals surface area (Å²) in [5, 5.41) is 12.4. The Labute approximate surface area is 225 Å². The highest BCUT2D eigenvalue weighted by atomic mass is 16.2. The summed E-state index contributed by atoms with van der Waals surface area (Å²) in [6, 6.07) is 14.5. The minimum Gasteiger partial charge on any atom is -0.383 e. The standard InChI is InChI=1S/C29H29N9O/c1-2-22-25(19-12-20-9-10-21(13-19)37(20)29(39)27-32-16-33-36-27)35-28-23(15-34-38(28)26(22)30)18-8-11-24(31-14-18)17-6-4-3-5-7-17/h3-8,11,14-16,19-21H,2,9-10,12-13,30H2,1H3,(H,32,33,36)/t19-,20+,21-. The van der Waals surface area contributed by atoms with E-state index in [1.807, 2.05) is 41.6 Å². The van der Waals surface area contributed by atoms with Gasteiger partial charge in [0.1, 0.15) is 12.1 Å². The van der Waals surface area contributed by atoms with E-state index in [0.717, 1.165) is 71.4 Å². The fourth-order valence-corrected chi connectivity index (χ4v) is 6.47. The van der Waals surface area contributed by atoms with Gasteiger partial charge in [0.15, 0.2) is 5.65 Å². The molecule has 10 heteroatoms. The molecule has 7 rings (SSSR count). The number of benzene rings is 1. The summed E-state index contributed by atoms with van der Waals surface area (Å²) in [5.41, 5.74) is 13.4. The first kappa shape index (κ1) is 23.5. The molecule has 10 nitrogen and oxygen atoms in total. The molecule has 1 aromatic carbocycles. The highest BCUT2D eigenvalue weighted by Crippen LogP contribution is 2.45. The summed E-state index contributed by atoms with van der Waals surface area (Å²) in [6.07, 6.45) is 9.58. The second kappa shape index (κ2) is 9.30. The van der Waals surface area contributed by atoms with Crippen molar-refractivity contribution in [3.8, 4) is 22.4 Å². The Bertz CT molecular complexity index is 1630. The number of carbonyl (C=O) groups is 1. The summed E-state index contributed by atoms with van der Waals surface area (Å²) < 4.78 is 1.75. The van der Waals surface area contributed by atoms with Gasteiger partial charge >= 0.3 is 0 Å². The first-order valence-corrected chi connectivity index (χ1v) is 13.5. The zero-order valence-corrected chi connectivity index (χ0v) is 21.7. The first-order valence-electron chi connectivity index (χ1n) is 13.5. The largest absolute Gasteiger partial charge is 0.383 e. The van der Waals surface area contributed by atoms with Crippen molar-refractivity contribution < 1.29 is 4.79 Å². The number of hydrogen-bond acceptors (Lipinski definition) is 7. The van der Waals surface area contributed by atoms with Crippen molar-refractivity contribution in [3.05, 3.63) is 78.3 Å². The number of anilines is 1. The minimum absolute atomic E-state index is 0.0679. The molecule has 2 aliphatic heterocycles. The molecular weight excluding hydrogens is 490 g/mol. The van der Waals surface area contributed by atoms with Gasteiger partial charge < -0.3 is 15.6 Å². The van der Waals surface area contributed by atoms with Crippen LogP contribution in [0.25, 0.3) is 28.0 Å². The molecule has 196 valence electrons. The maximum atomic E-state index is 13.1. The third-order valence-corrected chi connectivity index (χ3v) is 8.29. The number of pyridine rings is 1. The van der Waals surface area contributed by atoms with Crippen molar-refractivity contribution in [2.24, 2.45) is 0 Å². The Morgan fingerprint density at radius 1 is 1.05 bits per heavy atom. The van der Waals surface area contributed by atoms with Gasteiger partial charge in [-0.05, 0) is 38.2 Å². The maximum absolute atomic E-state index is 13.1. The molecule has 3 N–H and O–H groups in total. The number of piperidine rings is 1. The van der Waals surface area contributed by atoms with Gasteiger partial charge in [0.05, 0.1) is 17.6 Å². The molecule has 0 unspecified atom stereocenters. The molecule has 1 amide bonds. The van der Waals surface area contributed by atoms with Gasteiger partial charge in [-0.3, -0.25) is 9.78 Å². The second-order valence-electron chi connectivity index (χ2n) is 10.4. The Kier molecular flexibility index (Phi) is 5.61. The molecule has 3 atom stereocenters. The smallest absolute Gasteiger partial charge is 0.292 e. The number of aromatic amines is 1. The third kappa shape index (κ3) is 3.86. The lowest BCUT2D eigenvalue weighted by atomic mass is 9.85. The van der Waals surface area contributed by atoms with Crippen LogP contribution >= 0.6 is 0 Å². The van der Waals surface area contributed by atoms with Crippen molar-refractivity contribution in [1.29, 1.82) is 0 Å². The van der Waals surface area contributed by atoms with Crippen LogP contribution in [-0.2, 0) is 6.42 Å². The molecule has 0 aliphatic carbocycles. The summed E-state index contributed by atoms with van der Waals surface area (Å²) in [6.45, 7) is 2.11. The number of amides is 1. The van der Waals surface area contributed by atoms with E-state index >= 15 is 0 Å². The number of nitrogens with zero attached hydrogens (tertiary/aromatic N) is 7. The molecule has 0 saturated carbocycles. The van der Waals surface area contributed by atoms with E-state index in [-0.39, 0.29) is 23.9 Å². The van der Waals surface area contributed by atoms with Gasteiger partial charge in [-0.25, -0.2) is 4.98 Å². The van der Waals surface area contributed by atoms with Gasteiger partial charge in [0, 0.05) is 46.5 Å². The van der Waals surface area contributed by atoms with Crippen molar-refractivity contribution in [2.45, 2.75) is 57.0 Å². The van der Waals surface area contributed by atoms with Gasteiger partial charge in [-0.2, -0.15) is 9.61 Å². The molecule has 6 heterocycles. The molecule has 2 fully saturated rings. The van der Waals surface area contributed by atoms with E-state index in [0.29, 0.717) is 11.6 Å². The number of rotatable bonds is 5. The van der Waals surface area contributed by atoms with Crippen molar-refractivity contribution in [3.63, 3.8) is 0 Å². The molecule has 39 heavy (non-hydrogen) atoms. The number of nitrogen functional groups attached to an aromatic ring is 1. The summed E-state index contributed by atoms with van der Waals surface area (Å²) in [7, 11) is 0. The summed E-state index contributed by atoms with van der Waals surface area (Å²) in [5.74, 6) is 1.08. The van der Waals surface area contributed by atoms with E-state index in [9.17, 15) is 4.79 Å². The molecular formula is C29H29N9O. The SMILES string of the molecule is CCc1c([C@H]2C[C@H]3CC[C@@H](C2)N3C(=O)c2nnc[nH]2)nc2c(-c3ccc(-c4ccccc4)nc3)cnn2c1N. The lowest BCUT2D eigenvalue weighted by molar-refractivity contribution is 0.0557. The zero-order valence-electron chi connectivity index (χ0n) is 21.7. The summed E-state index contributed by atoms with van der Waals surface area (Å²) >= 11 is 0. The van der Waals surface area contributed by atoms with Crippen LogP contribution in [0.4, 0.5) is 5.82 Å². The van der Waals surface area contributed by atoms with Gasteiger partial charge in [-0.15, -0.1) is 10.2 Å². The predicted octanol–water partition coefficient (Wildman–Crippen LogP) is 4.27. The Morgan fingerprint density at radius 3 is 2.51 bits per heavy atom. The highest BCUT2D eigenvalue weighted by Gasteiger charge is 2.45. The molecule has 2 aliphatic rings. The maximum Gasteiger partial charge on any atom is 0.292 e. The normalized spacial score (nSPS) is 20.5. The average molecular weight is 520 g/mol. The van der Waals surface area contributed by atoms with Crippen molar-refractivity contribution in [1.82, 2.24) is 39.7 Å². The van der Waals surface area contributed by atoms with Crippen molar-refractivity contribution >= 4 is 17.4 Å². The number of nitrogens with two attached hydrogens (primary N) is 1. The number of aromatic nitrogens is 7. The fourth-order valence-electron chi connectivity index (χ4n) is 6.47. The molecule has 2 bridgehead atoms. The number of fused-ring (bicyclic) bond motifs is 3. The van der Waals surface area contributed by atoms with E-state index < -0.39 is 0 Å². The van der Waals surface area contributed by atoms with Crippen molar-refractivity contribution in [2.75, 3.05) is 5.73 Å². The van der Waals surface area contributed by atoms with E-state index in [2.05, 4.69) is 45.4 Å². The van der Waals surface area contributed by atoms with Crippen LogP contribution in [0.5, 0.6) is 0 Å². The van der Waals surface area contributed by atoms with Crippen LogP contribution in [0, 0.1) is 0 Å². The Morgan fingerprint density at radius 2 is 1.85 bits per heavy atom. The average Bonchev–Trinajstić information content (AvgIpc) is 3.72. The van der Waals surface area contributed by atoms with Gasteiger partial charge in [0.25, 0.3) is 5.91 Å². The second-order valence-corrected chi connectivity index (χ2v) is 10.4. The topological polar surface area (TPSA) is 131 Å². The Hall–Kier alpha value is -4.60. The lowest BCUT2D eigenvalue weighted by Gasteiger charge is -2.38. The lowest BCUT2D eigenvalue weighted by Crippen LogP contribution is -2.46. The quantitative estimate of drug-likeness (QED) is 0.354. The Balaban J connectivity index is 1.24. The molecule has 0 spiro atoms.